The van der Waals surface area contributed by atoms with E-state index in [1.54, 1.807) is 0 Å². The number of H-pyrrole nitrogens is 1. The molecule has 2 heterocycles. The van der Waals surface area contributed by atoms with Gasteiger partial charge in [-0.05, 0) is 7.05 Å². The predicted molar refractivity (Wildman–Crippen MR) is 40.4 cm³/mol. The molecule has 0 radical (unpaired) electrons. The van der Waals surface area contributed by atoms with Crippen LogP contribution in [0.5, 0.6) is 0 Å². The zero-order valence-electron chi connectivity index (χ0n) is 6.80. The average Bonchev–Trinajstić information content (AvgIpc) is 2.58. The van der Waals surface area contributed by atoms with Crippen molar-refractivity contribution >= 4 is 0 Å². The van der Waals surface area contributed by atoms with Gasteiger partial charge in [-0.1, -0.05) is 5.21 Å². The van der Waals surface area contributed by atoms with Crippen molar-refractivity contribution in [2.75, 3.05) is 20.1 Å². The number of tetrazole rings is 1. The third-order valence-electron chi connectivity index (χ3n) is 2.16. The molecule has 1 fully saturated rings. The number of aromatic amines is 1. The quantitative estimate of drug-likeness (QED) is 0.540. The number of hydrogen-bond acceptors (Lipinski definition) is 5. The number of aromatic nitrogens is 4. The molecule has 0 unspecified atom stereocenters. The molecule has 1 aromatic rings. The number of rotatable bonds is 1. The van der Waals surface area contributed by atoms with E-state index in [0.717, 1.165) is 6.54 Å². The molecule has 2 N–H and O–H groups in total. The van der Waals surface area contributed by atoms with Gasteiger partial charge in [0, 0.05) is 13.1 Å². The van der Waals surface area contributed by atoms with Crippen molar-refractivity contribution in [1.29, 1.82) is 0 Å². The summed E-state index contributed by atoms with van der Waals surface area (Å²) in [5.74, 6) is 0.612. The number of β-amino-alcohol motifs (C(OH)–C–C–N with tert-alkyl or cyclic N) is 1. The Morgan fingerprint density at radius 1 is 1.58 bits per heavy atom. The van der Waals surface area contributed by atoms with Crippen LogP contribution in [0.1, 0.15) is 11.7 Å². The molecular weight excluding hydrogens is 158 g/mol. The fourth-order valence-corrected chi connectivity index (χ4v) is 1.56. The molecular formula is C6H11N5O. The Kier molecular flexibility index (Phi) is 1.78. The van der Waals surface area contributed by atoms with Crippen molar-refractivity contribution in [1.82, 2.24) is 25.5 Å². The first kappa shape index (κ1) is 7.63. The highest BCUT2D eigenvalue weighted by Crippen LogP contribution is 2.22. The summed E-state index contributed by atoms with van der Waals surface area (Å²) in [6.07, 6.45) is -0.368. The van der Waals surface area contributed by atoms with Crippen LogP contribution in [0.2, 0.25) is 0 Å². The maximum Gasteiger partial charge on any atom is 0.181 e. The van der Waals surface area contributed by atoms with Gasteiger partial charge in [-0.25, -0.2) is 0 Å². The van der Waals surface area contributed by atoms with Crippen LogP contribution in [0.3, 0.4) is 0 Å². The highest BCUT2D eigenvalue weighted by atomic mass is 16.3. The van der Waals surface area contributed by atoms with Crippen LogP contribution in [0, 0.1) is 0 Å². The largest absolute Gasteiger partial charge is 0.391 e. The summed E-state index contributed by atoms with van der Waals surface area (Å²) in [5.41, 5.74) is 0. The summed E-state index contributed by atoms with van der Waals surface area (Å²) in [5, 5.41) is 23.1. The summed E-state index contributed by atoms with van der Waals surface area (Å²) in [7, 11) is 1.96. The third kappa shape index (κ3) is 1.19. The van der Waals surface area contributed by atoms with Gasteiger partial charge in [0.15, 0.2) is 5.82 Å². The van der Waals surface area contributed by atoms with Crippen LogP contribution in [0.25, 0.3) is 0 Å². The van der Waals surface area contributed by atoms with Gasteiger partial charge in [0.2, 0.25) is 0 Å². The van der Waals surface area contributed by atoms with Gasteiger partial charge in [0.05, 0.1) is 12.0 Å². The molecule has 1 aliphatic rings. The lowest BCUT2D eigenvalue weighted by atomic mass is 10.1. The van der Waals surface area contributed by atoms with E-state index in [9.17, 15) is 5.11 Å². The second kappa shape index (κ2) is 2.80. The molecule has 6 nitrogen and oxygen atoms in total. The number of likely N-dealkylation sites (N-methyl/N-ethyl adjacent to an activating group) is 1. The van der Waals surface area contributed by atoms with E-state index in [2.05, 4.69) is 20.6 Å². The molecule has 1 aromatic heterocycles. The SMILES string of the molecule is CN1C[C@H](c2nn[nH]n2)[C@@H](O)C1. The zero-order chi connectivity index (χ0) is 8.55. The third-order valence-corrected chi connectivity index (χ3v) is 2.16. The highest BCUT2D eigenvalue weighted by molar-refractivity contribution is 5.01. The van der Waals surface area contributed by atoms with Crippen LogP contribution < -0.4 is 0 Å². The minimum Gasteiger partial charge on any atom is -0.391 e. The van der Waals surface area contributed by atoms with E-state index in [1.807, 2.05) is 11.9 Å². The molecule has 66 valence electrons. The Balaban J connectivity index is 2.15. The Bertz CT molecular complexity index is 248. The van der Waals surface area contributed by atoms with Gasteiger partial charge in [-0.3, -0.25) is 0 Å². The number of hydrogen-bond donors (Lipinski definition) is 2. The average molecular weight is 169 g/mol. The van der Waals surface area contributed by atoms with Gasteiger partial charge in [0.25, 0.3) is 0 Å². The van der Waals surface area contributed by atoms with Crippen LogP contribution in [0.15, 0.2) is 0 Å². The van der Waals surface area contributed by atoms with Crippen molar-refractivity contribution in [3.63, 3.8) is 0 Å². The van der Waals surface area contributed by atoms with Gasteiger partial charge in [0.1, 0.15) is 0 Å². The summed E-state index contributed by atoms with van der Waals surface area (Å²) < 4.78 is 0. The Hall–Kier alpha value is -1.01. The van der Waals surface area contributed by atoms with Crippen LogP contribution in [0.4, 0.5) is 0 Å². The fourth-order valence-electron chi connectivity index (χ4n) is 1.56. The molecule has 12 heavy (non-hydrogen) atoms. The van der Waals surface area contributed by atoms with Crippen LogP contribution in [-0.4, -0.2) is 56.9 Å². The smallest absolute Gasteiger partial charge is 0.181 e. The molecule has 0 aliphatic carbocycles. The minimum absolute atomic E-state index is 0.00810. The summed E-state index contributed by atoms with van der Waals surface area (Å²) in [6.45, 7) is 1.47. The van der Waals surface area contributed by atoms with E-state index < -0.39 is 0 Å². The number of nitrogens with zero attached hydrogens (tertiary/aromatic N) is 4. The van der Waals surface area contributed by atoms with Crippen molar-refractivity contribution in [3.05, 3.63) is 5.82 Å². The number of nitrogens with one attached hydrogen (secondary N) is 1. The standard InChI is InChI=1S/C6H11N5O/c1-11-2-4(5(12)3-11)6-7-9-10-8-6/h4-5,12H,2-3H2,1H3,(H,7,8,9,10)/t4-,5-/m0/s1. The predicted octanol–water partition coefficient (Wildman–Crippen LogP) is -1.41. The fraction of sp³-hybridized carbons (Fsp3) is 0.833. The topological polar surface area (TPSA) is 77.9 Å². The van der Waals surface area contributed by atoms with Crippen molar-refractivity contribution < 1.29 is 5.11 Å². The molecule has 0 spiro atoms. The minimum atomic E-state index is -0.368. The van der Waals surface area contributed by atoms with Gasteiger partial charge in [-0.2, -0.15) is 5.21 Å². The molecule has 6 heteroatoms. The molecule has 0 amide bonds. The Labute approximate surface area is 69.6 Å². The number of aliphatic hydroxyl groups excluding tert-OH is 1. The lowest BCUT2D eigenvalue weighted by Gasteiger charge is -2.06. The number of aliphatic hydroxyl groups is 1. The summed E-state index contributed by atoms with van der Waals surface area (Å²) in [4.78, 5) is 2.05. The Morgan fingerprint density at radius 2 is 2.42 bits per heavy atom. The lowest BCUT2D eigenvalue weighted by molar-refractivity contribution is 0.166. The van der Waals surface area contributed by atoms with Crippen molar-refractivity contribution in [2.45, 2.75) is 12.0 Å². The summed E-state index contributed by atoms with van der Waals surface area (Å²) in [6, 6.07) is 0. The van der Waals surface area contributed by atoms with Gasteiger partial charge in [-0.15, -0.1) is 10.2 Å². The van der Waals surface area contributed by atoms with E-state index in [4.69, 9.17) is 0 Å². The van der Waals surface area contributed by atoms with E-state index >= 15 is 0 Å². The second-order valence-corrected chi connectivity index (χ2v) is 3.17. The van der Waals surface area contributed by atoms with E-state index in [-0.39, 0.29) is 12.0 Å². The monoisotopic (exact) mass is 169 g/mol. The van der Waals surface area contributed by atoms with E-state index in [0.29, 0.717) is 12.4 Å². The first-order chi connectivity index (χ1) is 5.77. The first-order valence-electron chi connectivity index (χ1n) is 3.87. The lowest BCUT2D eigenvalue weighted by Crippen LogP contribution is -2.17. The number of likely N-dealkylation sites (tertiary alicyclic amines) is 1. The van der Waals surface area contributed by atoms with Gasteiger partial charge < -0.3 is 10.0 Å². The normalized spacial score (nSPS) is 31.2. The molecule has 1 aliphatic heterocycles. The molecule has 0 aromatic carbocycles. The zero-order valence-corrected chi connectivity index (χ0v) is 6.80. The molecule has 2 atom stereocenters. The summed E-state index contributed by atoms with van der Waals surface area (Å²) >= 11 is 0. The first-order valence-corrected chi connectivity index (χ1v) is 3.87. The maximum atomic E-state index is 9.57. The highest BCUT2D eigenvalue weighted by Gasteiger charge is 2.33. The molecule has 0 bridgehead atoms. The second-order valence-electron chi connectivity index (χ2n) is 3.17. The van der Waals surface area contributed by atoms with Crippen LogP contribution in [-0.2, 0) is 0 Å². The Morgan fingerprint density at radius 3 is 2.92 bits per heavy atom. The van der Waals surface area contributed by atoms with E-state index in [1.165, 1.54) is 0 Å². The van der Waals surface area contributed by atoms with Crippen molar-refractivity contribution in [2.24, 2.45) is 0 Å². The van der Waals surface area contributed by atoms with Crippen molar-refractivity contribution in [3.8, 4) is 0 Å². The molecule has 2 rings (SSSR count). The molecule has 0 saturated carbocycles. The van der Waals surface area contributed by atoms with Gasteiger partial charge >= 0.3 is 0 Å². The maximum absolute atomic E-state index is 9.57. The molecule has 1 saturated heterocycles. The van der Waals surface area contributed by atoms with Crippen LogP contribution >= 0.6 is 0 Å².